The molecule has 0 saturated carbocycles. The fourth-order valence-corrected chi connectivity index (χ4v) is 3.89. The summed E-state index contributed by atoms with van der Waals surface area (Å²) in [6.07, 6.45) is 0. The van der Waals surface area contributed by atoms with E-state index < -0.39 is 0 Å². The fourth-order valence-electron chi connectivity index (χ4n) is 3.07. The number of Topliss-reactive ketones (excluding diaryl/α,β-unsaturated/α-hetero) is 1. The largest absolute Gasteiger partial charge is 0.355 e. The number of benzene rings is 2. The van der Waals surface area contributed by atoms with E-state index >= 15 is 0 Å². The molecule has 0 radical (unpaired) electrons. The highest BCUT2D eigenvalue weighted by Crippen LogP contribution is 2.24. The number of hydrogen-bond acceptors (Lipinski definition) is 8. The average Bonchev–Trinajstić information content (AvgIpc) is 3.15. The van der Waals surface area contributed by atoms with Crippen LogP contribution in [0, 0.1) is 0 Å². The van der Waals surface area contributed by atoms with Gasteiger partial charge in [-0.05, 0) is 24.6 Å². The Morgan fingerprint density at radius 3 is 2.62 bits per heavy atom. The normalized spacial score (nSPS) is 11.1. The van der Waals surface area contributed by atoms with E-state index in [1.807, 2.05) is 56.3 Å². The van der Waals surface area contributed by atoms with Gasteiger partial charge in [0, 0.05) is 18.7 Å². The summed E-state index contributed by atoms with van der Waals surface area (Å²) < 4.78 is 1.74. The Hall–Kier alpha value is -3.20. The molecule has 0 bridgehead atoms. The lowest BCUT2D eigenvalue weighted by atomic mass is 10.0. The van der Waals surface area contributed by atoms with E-state index in [2.05, 4.69) is 30.8 Å². The van der Waals surface area contributed by atoms with Crippen molar-refractivity contribution in [2.24, 2.45) is 0 Å². The number of nitrogens with zero attached hydrogens (tertiary/aromatic N) is 5. The molecular weight excluding hydrogens is 386 g/mol. The van der Waals surface area contributed by atoms with E-state index in [9.17, 15) is 4.79 Å². The maximum Gasteiger partial charge on any atom is 0.261 e. The SMILES string of the molecule is CCNc1nc(NCC)n2c(SCC(=O)c3cccc4ccccc34)nnc2n1. The highest BCUT2D eigenvalue weighted by molar-refractivity contribution is 7.99. The molecular formula is C20H21N7OS. The molecule has 2 aromatic carbocycles. The summed E-state index contributed by atoms with van der Waals surface area (Å²) in [4.78, 5) is 21.8. The Morgan fingerprint density at radius 1 is 1.00 bits per heavy atom. The molecule has 0 atom stereocenters. The smallest absolute Gasteiger partial charge is 0.261 e. The van der Waals surface area contributed by atoms with E-state index in [1.165, 1.54) is 11.8 Å². The Bertz CT molecular complexity index is 1170. The van der Waals surface area contributed by atoms with Crippen LogP contribution in [0.25, 0.3) is 16.6 Å². The first-order valence-corrected chi connectivity index (χ1v) is 10.4. The molecule has 9 heteroatoms. The van der Waals surface area contributed by atoms with Crippen LogP contribution < -0.4 is 10.6 Å². The van der Waals surface area contributed by atoms with Gasteiger partial charge in [0.15, 0.2) is 10.9 Å². The zero-order chi connectivity index (χ0) is 20.2. The summed E-state index contributed by atoms with van der Waals surface area (Å²) >= 11 is 1.33. The van der Waals surface area contributed by atoms with Gasteiger partial charge >= 0.3 is 0 Å². The molecule has 29 heavy (non-hydrogen) atoms. The highest BCUT2D eigenvalue weighted by atomic mass is 32.2. The zero-order valence-electron chi connectivity index (χ0n) is 16.2. The second-order valence-corrected chi connectivity index (χ2v) is 7.23. The third-order valence-electron chi connectivity index (χ3n) is 4.34. The van der Waals surface area contributed by atoms with Gasteiger partial charge in [-0.15, -0.1) is 10.2 Å². The zero-order valence-corrected chi connectivity index (χ0v) is 17.0. The molecule has 0 unspecified atom stereocenters. The Morgan fingerprint density at radius 2 is 1.79 bits per heavy atom. The van der Waals surface area contributed by atoms with E-state index in [0.29, 0.717) is 41.5 Å². The highest BCUT2D eigenvalue weighted by Gasteiger charge is 2.17. The van der Waals surface area contributed by atoms with E-state index in [4.69, 9.17) is 0 Å². The number of carbonyl (C=O) groups is 1. The summed E-state index contributed by atoms with van der Waals surface area (Å²) in [6.45, 7) is 5.36. The van der Waals surface area contributed by atoms with Crippen LogP contribution in [0.15, 0.2) is 47.6 Å². The summed E-state index contributed by atoms with van der Waals surface area (Å²) in [7, 11) is 0. The molecule has 0 aliphatic heterocycles. The third-order valence-corrected chi connectivity index (χ3v) is 5.27. The van der Waals surface area contributed by atoms with Crippen LogP contribution >= 0.6 is 11.8 Å². The summed E-state index contributed by atoms with van der Waals surface area (Å²) in [5, 5.41) is 17.3. The number of fused-ring (bicyclic) bond motifs is 2. The van der Waals surface area contributed by atoms with Crippen molar-refractivity contribution < 1.29 is 4.79 Å². The number of rotatable bonds is 8. The number of anilines is 2. The lowest BCUT2D eigenvalue weighted by Crippen LogP contribution is -2.12. The molecule has 2 heterocycles. The Labute approximate surface area is 172 Å². The summed E-state index contributed by atoms with van der Waals surface area (Å²) in [5.41, 5.74) is 0.710. The lowest BCUT2D eigenvalue weighted by molar-refractivity contribution is 0.102. The second kappa shape index (κ2) is 8.44. The van der Waals surface area contributed by atoms with Crippen molar-refractivity contribution in [1.82, 2.24) is 24.6 Å². The van der Waals surface area contributed by atoms with Gasteiger partial charge in [0.25, 0.3) is 5.78 Å². The molecule has 0 spiro atoms. The van der Waals surface area contributed by atoms with Gasteiger partial charge in [0.1, 0.15) is 0 Å². The minimum absolute atomic E-state index is 0.0405. The molecule has 148 valence electrons. The first-order valence-electron chi connectivity index (χ1n) is 9.46. The average molecular weight is 408 g/mol. The maximum absolute atomic E-state index is 12.9. The number of hydrogen-bond donors (Lipinski definition) is 2. The standard InChI is InChI=1S/C20H21N7OS/c1-3-21-17-23-18(22-4-2)27-19(24-17)25-26-20(27)29-12-16(28)15-11-7-9-13-8-5-6-10-14(13)15/h5-11H,3-4,12H2,1-2H3,(H2,21,22,23,24,25). The quantitative estimate of drug-likeness (QED) is 0.338. The minimum atomic E-state index is 0.0405. The summed E-state index contributed by atoms with van der Waals surface area (Å²) in [6, 6.07) is 13.7. The molecule has 0 aliphatic carbocycles. The number of ketones is 1. The molecule has 0 amide bonds. The first-order chi connectivity index (χ1) is 14.2. The fraction of sp³-hybridized carbons (Fsp3) is 0.250. The predicted octanol–water partition coefficient (Wildman–Crippen LogP) is 3.51. The van der Waals surface area contributed by atoms with Crippen LogP contribution in [-0.2, 0) is 0 Å². The summed E-state index contributed by atoms with van der Waals surface area (Å²) in [5.74, 6) is 1.81. The molecule has 2 N–H and O–H groups in total. The van der Waals surface area contributed by atoms with Crippen molar-refractivity contribution in [3.63, 3.8) is 0 Å². The van der Waals surface area contributed by atoms with Crippen LogP contribution in [-0.4, -0.2) is 49.2 Å². The Balaban J connectivity index is 1.61. The van der Waals surface area contributed by atoms with Crippen molar-refractivity contribution in [2.45, 2.75) is 19.0 Å². The van der Waals surface area contributed by atoms with Crippen molar-refractivity contribution in [3.05, 3.63) is 48.0 Å². The monoisotopic (exact) mass is 407 g/mol. The van der Waals surface area contributed by atoms with Crippen LogP contribution in [0.4, 0.5) is 11.9 Å². The van der Waals surface area contributed by atoms with E-state index in [1.54, 1.807) is 4.40 Å². The van der Waals surface area contributed by atoms with Crippen LogP contribution in [0.3, 0.4) is 0 Å². The molecule has 4 rings (SSSR count). The Kier molecular flexibility index (Phi) is 5.57. The predicted molar refractivity (Wildman–Crippen MR) is 116 cm³/mol. The van der Waals surface area contributed by atoms with Crippen molar-refractivity contribution in [2.75, 3.05) is 29.5 Å². The van der Waals surface area contributed by atoms with Crippen LogP contribution in [0.1, 0.15) is 24.2 Å². The van der Waals surface area contributed by atoms with Crippen LogP contribution in [0.2, 0.25) is 0 Å². The van der Waals surface area contributed by atoms with Crippen LogP contribution in [0.5, 0.6) is 0 Å². The molecule has 4 aromatic rings. The molecule has 2 aromatic heterocycles. The first kappa shape index (κ1) is 19.1. The topological polar surface area (TPSA) is 97.1 Å². The maximum atomic E-state index is 12.9. The molecule has 8 nitrogen and oxygen atoms in total. The minimum Gasteiger partial charge on any atom is -0.355 e. The number of nitrogens with one attached hydrogen (secondary N) is 2. The van der Waals surface area contributed by atoms with Gasteiger partial charge in [-0.1, -0.05) is 54.2 Å². The van der Waals surface area contributed by atoms with Gasteiger partial charge in [-0.25, -0.2) is 4.40 Å². The van der Waals surface area contributed by atoms with E-state index in [-0.39, 0.29) is 11.5 Å². The third kappa shape index (κ3) is 3.86. The van der Waals surface area contributed by atoms with Crippen molar-refractivity contribution >= 4 is 46.0 Å². The van der Waals surface area contributed by atoms with E-state index in [0.717, 1.165) is 10.8 Å². The van der Waals surface area contributed by atoms with Crippen molar-refractivity contribution in [3.8, 4) is 0 Å². The second-order valence-electron chi connectivity index (χ2n) is 6.29. The number of aromatic nitrogens is 5. The molecule has 0 saturated heterocycles. The van der Waals surface area contributed by atoms with Gasteiger partial charge in [0.05, 0.1) is 5.75 Å². The lowest BCUT2D eigenvalue weighted by Gasteiger charge is -2.09. The number of thioether (sulfide) groups is 1. The molecule has 0 fully saturated rings. The van der Waals surface area contributed by atoms with Crippen molar-refractivity contribution in [1.29, 1.82) is 0 Å². The molecule has 0 aliphatic rings. The van der Waals surface area contributed by atoms with Gasteiger partial charge in [-0.2, -0.15) is 9.97 Å². The number of carbonyl (C=O) groups excluding carboxylic acids is 1. The van der Waals surface area contributed by atoms with Gasteiger partial charge in [-0.3, -0.25) is 4.79 Å². The van der Waals surface area contributed by atoms with Gasteiger partial charge in [0.2, 0.25) is 11.9 Å². The van der Waals surface area contributed by atoms with Gasteiger partial charge < -0.3 is 10.6 Å².